The van der Waals surface area contributed by atoms with Crippen molar-refractivity contribution in [3.63, 3.8) is 0 Å². The molecule has 1 aliphatic heterocycles. The minimum absolute atomic E-state index is 0.234. The average molecular weight is 530 g/mol. The van der Waals surface area contributed by atoms with Crippen molar-refractivity contribution in [3.8, 4) is 6.07 Å². The molecule has 2 aromatic rings. The Hall–Kier alpha value is -3.91. The number of nitrogens with two attached hydrogens (primary N) is 1. The molecule has 4 unspecified atom stereocenters. The van der Waals surface area contributed by atoms with E-state index in [9.17, 15) is 32.8 Å². The molecular weight excluding hydrogens is 499 g/mol. The van der Waals surface area contributed by atoms with Gasteiger partial charge in [-0.1, -0.05) is 30.3 Å². The largest absolute Gasteiger partial charge is 0.351 e. The SMILES string of the molecule is CC(NC(=O)C(N)Cc1ccccc1)C(=O)NC(CC(=O)N1CCCC1C#N)Cc1cc(F)c(F)cc1F. The highest BCUT2D eigenvalue weighted by Gasteiger charge is 2.31. The van der Waals surface area contributed by atoms with Crippen LogP contribution in [0.2, 0.25) is 0 Å². The van der Waals surface area contributed by atoms with Gasteiger partial charge in [0, 0.05) is 25.1 Å². The molecule has 0 bridgehead atoms. The predicted molar refractivity (Wildman–Crippen MR) is 133 cm³/mol. The molecule has 4 atom stereocenters. The molecule has 1 saturated heterocycles. The van der Waals surface area contributed by atoms with Crippen molar-refractivity contribution in [3.05, 3.63) is 71.0 Å². The first kappa shape index (κ1) is 28.7. The van der Waals surface area contributed by atoms with Crippen LogP contribution in [0.15, 0.2) is 42.5 Å². The van der Waals surface area contributed by atoms with Crippen molar-refractivity contribution in [1.82, 2.24) is 15.5 Å². The highest BCUT2D eigenvalue weighted by molar-refractivity contribution is 5.90. The number of nitriles is 1. The number of benzene rings is 2. The molecule has 0 spiro atoms. The van der Waals surface area contributed by atoms with Crippen molar-refractivity contribution in [2.24, 2.45) is 5.73 Å². The molecule has 3 rings (SSSR count). The number of nitrogens with zero attached hydrogens (tertiary/aromatic N) is 2. The van der Waals surface area contributed by atoms with Crippen LogP contribution in [0.4, 0.5) is 13.2 Å². The highest BCUT2D eigenvalue weighted by atomic mass is 19.2. The van der Waals surface area contributed by atoms with E-state index < -0.39 is 59.3 Å². The third-order valence-electron chi connectivity index (χ3n) is 6.43. The van der Waals surface area contributed by atoms with Crippen LogP contribution in [0.5, 0.6) is 0 Å². The third-order valence-corrected chi connectivity index (χ3v) is 6.43. The zero-order valence-electron chi connectivity index (χ0n) is 20.9. The maximum Gasteiger partial charge on any atom is 0.242 e. The minimum atomic E-state index is -1.36. The monoisotopic (exact) mass is 529 g/mol. The van der Waals surface area contributed by atoms with E-state index in [1.54, 1.807) is 0 Å². The summed E-state index contributed by atoms with van der Waals surface area (Å²) in [4.78, 5) is 39.8. The van der Waals surface area contributed by atoms with Crippen LogP contribution in [0.25, 0.3) is 0 Å². The first-order valence-electron chi connectivity index (χ1n) is 12.3. The van der Waals surface area contributed by atoms with Crippen molar-refractivity contribution in [1.29, 1.82) is 5.26 Å². The van der Waals surface area contributed by atoms with Crippen LogP contribution in [0, 0.1) is 28.8 Å². The van der Waals surface area contributed by atoms with E-state index in [0.29, 0.717) is 31.5 Å². The third kappa shape index (κ3) is 7.55. The summed E-state index contributed by atoms with van der Waals surface area (Å²) in [6.45, 7) is 1.79. The van der Waals surface area contributed by atoms with Gasteiger partial charge in [0.15, 0.2) is 11.6 Å². The second kappa shape index (κ2) is 13.1. The second-order valence-electron chi connectivity index (χ2n) is 9.37. The quantitative estimate of drug-likeness (QED) is 0.406. The molecule has 1 heterocycles. The molecule has 0 aliphatic carbocycles. The molecule has 0 saturated carbocycles. The molecule has 1 fully saturated rings. The van der Waals surface area contributed by atoms with E-state index in [-0.39, 0.29) is 24.8 Å². The Morgan fingerprint density at radius 1 is 1.05 bits per heavy atom. The molecule has 0 aromatic heterocycles. The maximum absolute atomic E-state index is 14.4. The highest BCUT2D eigenvalue weighted by Crippen LogP contribution is 2.20. The summed E-state index contributed by atoms with van der Waals surface area (Å²) in [5.74, 6) is -5.34. The van der Waals surface area contributed by atoms with Gasteiger partial charge in [-0.15, -0.1) is 0 Å². The van der Waals surface area contributed by atoms with E-state index in [1.165, 1.54) is 11.8 Å². The van der Waals surface area contributed by atoms with Crippen LogP contribution < -0.4 is 16.4 Å². The lowest BCUT2D eigenvalue weighted by molar-refractivity contribution is -0.133. The van der Waals surface area contributed by atoms with Crippen LogP contribution in [0.1, 0.15) is 37.3 Å². The lowest BCUT2D eigenvalue weighted by Gasteiger charge is -2.26. The van der Waals surface area contributed by atoms with E-state index in [4.69, 9.17) is 5.73 Å². The molecule has 1 aliphatic rings. The molecule has 4 N–H and O–H groups in total. The van der Waals surface area contributed by atoms with Gasteiger partial charge in [0.1, 0.15) is 17.9 Å². The first-order valence-corrected chi connectivity index (χ1v) is 12.3. The Balaban J connectivity index is 1.69. The Labute approximate surface area is 219 Å². The Morgan fingerprint density at radius 2 is 1.74 bits per heavy atom. The van der Waals surface area contributed by atoms with Crippen molar-refractivity contribution < 1.29 is 27.6 Å². The van der Waals surface area contributed by atoms with Gasteiger partial charge in [-0.05, 0) is 49.8 Å². The number of carbonyl (C=O) groups is 3. The Bertz CT molecular complexity index is 1200. The fourth-order valence-electron chi connectivity index (χ4n) is 4.36. The normalized spacial score (nSPS) is 17.3. The van der Waals surface area contributed by atoms with Crippen molar-refractivity contribution in [2.45, 2.75) is 63.2 Å². The first-order chi connectivity index (χ1) is 18.1. The molecule has 202 valence electrons. The van der Waals surface area contributed by atoms with Crippen LogP contribution >= 0.6 is 0 Å². The number of nitrogens with one attached hydrogen (secondary N) is 2. The van der Waals surface area contributed by atoms with Gasteiger partial charge >= 0.3 is 0 Å². The average Bonchev–Trinajstić information content (AvgIpc) is 3.37. The summed E-state index contributed by atoms with van der Waals surface area (Å²) >= 11 is 0. The Morgan fingerprint density at radius 3 is 2.42 bits per heavy atom. The summed E-state index contributed by atoms with van der Waals surface area (Å²) in [5.41, 5.74) is 6.59. The molecule has 8 nitrogen and oxygen atoms in total. The van der Waals surface area contributed by atoms with Crippen LogP contribution in [-0.4, -0.2) is 53.3 Å². The fraction of sp³-hybridized carbons (Fsp3) is 0.407. The molecule has 38 heavy (non-hydrogen) atoms. The number of rotatable bonds is 10. The summed E-state index contributed by atoms with van der Waals surface area (Å²) in [6, 6.07) is 8.62. The zero-order chi connectivity index (χ0) is 27.8. The summed E-state index contributed by atoms with van der Waals surface area (Å²) < 4.78 is 41.5. The smallest absolute Gasteiger partial charge is 0.242 e. The van der Waals surface area contributed by atoms with Crippen LogP contribution in [-0.2, 0) is 27.2 Å². The number of hydrogen-bond donors (Lipinski definition) is 3. The number of halogens is 3. The number of hydrogen-bond acceptors (Lipinski definition) is 5. The van der Waals surface area contributed by atoms with Crippen molar-refractivity contribution in [2.75, 3.05) is 6.54 Å². The molecule has 2 aromatic carbocycles. The van der Waals surface area contributed by atoms with Gasteiger partial charge in [0.25, 0.3) is 0 Å². The molecule has 11 heteroatoms. The lowest BCUT2D eigenvalue weighted by Crippen LogP contribution is -2.53. The second-order valence-corrected chi connectivity index (χ2v) is 9.37. The van der Waals surface area contributed by atoms with Gasteiger partial charge in [0.2, 0.25) is 17.7 Å². The van der Waals surface area contributed by atoms with Crippen molar-refractivity contribution >= 4 is 17.7 Å². The van der Waals surface area contributed by atoms with Gasteiger partial charge in [-0.2, -0.15) is 5.26 Å². The summed E-state index contributed by atoms with van der Waals surface area (Å²) in [7, 11) is 0. The number of likely N-dealkylation sites (tertiary alicyclic amines) is 1. The minimum Gasteiger partial charge on any atom is -0.351 e. The lowest BCUT2D eigenvalue weighted by atomic mass is 10.0. The molecule has 0 radical (unpaired) electrons. The van der Waals surface area contributed by atoms with Gasteiger partial charge in [0.05, 0.1) is 12.1 Å². The van der Waals surface area contributed by atoms with E-state index in [0.717, 1.165) is 5.56 Å². The number of carbonyl (C=O) groups excluding carboxylic acids is 3. The summed E-state index contributed by atoms with van der Waals surface area (Å²) in [6.07, 6.45) is 0.786. The van der Waals surface area contributed by atoms with Gasteiger partial charge in [-0.25, -0.2) is 13.2 Å². The molecular formula is C27H30F3N5O3. The summed E-state index contributed by atoms with van der Waals surface area (Å²) in [5, 5.41) is 14.4. The fourth-order valence-corrected chi connectivity index (χ4v) is 4.36. The zero-order valence-corrected chi connectivity index (χ0v) is 20.9. The van der Waals surface area contributed by atoms with Gasteiger partial charge in [-0.3, -0.25) is 14.4 Å². The van der Waals surface area contributed by atoms with Gasteiger partial charge < -0.3 is 21.3 Å². The van der Waals surface area contributed by atoms with E-state index >= 15 is 0 Å². The standard InChI is InChI=1S/C27H30F3N5O3/c1-16(33-27(38)24(32)10-17-6-3-2-4-7-17)26(37)34-19(11-18-12-22(29)23(30)14-21(18)28)13-25(36)35-9-5-8-20(35)15-31/h2-4,6-7,12,14,16,19-20,24H,5,8-11,13,32H2,1H3,(H,33,38)(H,34,37). The Kier molecular flexibility index (Phi) is 9.85. The topological polar surface area (TPSA) is 128 Å². The molecule has 3 amide bonds. The van der Waals surface area contributed by atoms with E-state index in [2.05, 4.69) is 16.7 Å². The number of amides is 3. The van der Waals surface area contributed by atoms with E-state index in [1.807, 2.05) is 30.3 Å². The predicted octanol–water partition coefficient (Wildman–Crippen LogP) is 2.11. The van der Waals surface area contributed by atoms with Crippen LogP contribution in [0.3, 0.4) is 0 Å². The maximum atomic E-state index is 14.4.